The third kappa shape index (κ3) is 3.83. The molecule has 24 heavy (non-hydrogen) atoms. The molecule has 0 amide bonds. The van der Waals surface area contributed by atoms with Crippen molar-refractivity contribution in [3.63, 3.8) is 0 Å². The van der Waals surface area contributed by atoms with Crippen LogP contribution in [0.3, 0.4) is 0 Å². The van der Waals surface area contributed by atoms with Gasteiger partial charge in [0, 0.05) is 6.20 Å². The predicted octanol–water partition coefficient (Wildman–Crippen LogP) is 3.12. The van der Waals surface area contributed by atoms with E-state index in [0.29, 0.717) is 30.4 Å². The van der Waals surface area contributed by atoms with Gasteiger partial charge >= 0.3 is 0 Å². The summed E-state index contributed by atoms with van der Waals surface area (Å²) in [5, 5.41) is 0. The van der Waals surface area contributed by atoms with Crippen molar-refractivity contribution in [3.05, 3.63) is 35.5 Å². The fourth-order valence-electron chi connectivity index (χ4n) is 2.85. The molecule has 1 aliphatic rings. The lowest BCUT2D eigenvalue weighted by Crippen LogP contribution is -2.23. The van der Waals surface area contributed by atoms with Crippen molar-refractivity contribution in [3.8, 4) is 0 Å². The molecule has 5 nitrogen and oxygen atoms in total. The molecule has 7 heteroatoms. The number of fused-ring (bicyclic) bond motifs is 1. The van der Waals surface area contributed by atoms with Crippen LogP contribution in [0, 0.1) is 0 Å². The minimum absolute atomic E-state index is 0.00539. The van der Waals surface area contributed by atoms with E-state index in [9.17, 15) is 16.8 Å². The average molecular weight is 372 g/mol. The van der Waals surface area contributed by atoms with Crippen molar-refractivity contribution in [1.29, 1.82) is 0 Å². The second-order valence-electron chi connectivity index (χ2n) is 6.18. The maximum Gasteiger partial charge on any atom is 0.261 e. The van der Waals surface area contributed by atoms with E-state index in [1.807, 2.05) is 20.8 Å². The maximum absolute atomic E-state index is 12.7. The second-order valence-corrected chi connectivity index (χ2v) is 9.94. The summed E-state index contributed by atoms with van der Waals surface area (Å²) in [4.78, 5) is 0.228. The zero-order valence-corrected chi connectivity index (χ0v) is 16.0. The zero-order chi connectivity index (χ0) is 18.0. The van der Waals surface area contributed by atoms with Crippen molar-refractivity contribution in [2.75, 3.05) is 5.75 Å². The third-order valence-corrected chi connectivity index (χ3v) is 7.58. The van der Waals surface area contributed by atoms with E-state index in [1.54, 1.807) is 12.1 Å². The zero-order valence-electron chi connectivity index (χ0n) is 14.4. The maximum atomic E-state index is 12.7. The van der Waals surface area contributed by atoms with Gasteiger partial charge in [0.15, 0.2) is 9.84 Å². The molecular formula is C17H25NO4S2. The van der Waals surface area contributed by atoms with E-state index >= 15 is 0 Å². The Bertz CT molecular complexity index is 840. The molecule has 0 bridgehead atoms. The first-order valence-electron chi connectivity index (χ1n) is 8.29. The summed E-state index contributed by atoms with van der Waals surface area (Å²) in [6.07, 6.45) is 5.76. The monoisotopic (exact) mass is 371 g/mol. The summed E-state index contributed by atoms with van der Waals surface area (Å²) in [6, 6.07) is 3.12. The van der Waals surface area contributed by atoms with E-state index in [-0.39, 0.29) is 21.5 Å². The van der Waals surface area contributed by atoms with Crippen LogP contribution in [-0.2, 0) is 26.3 Å². The molecule has 1 N–H and O–H groups in total. The van der Waals surface area contributed by atoms with E-state index in [1.165, 1.54) is 12.3 Å². The molecular weight excluding hydrogens is 346 g/mol. The van der Waals surface area contributed by atoms with Gasteiger partial charge in [0.2, 0.25) is 0 Å². The summed E-state index contributed by atoms with van der Waals surface area (Å²) >= 11 is 0. The molecule has 1 aromatic rings. The fourth-order valence-corrected chi connectivity index (χ4v) is 5.96. The summed E-state index contributed by atoms with van der Waals surface area (Å²) in [7, 11) is -7.26. The van der Waals surface area contributed by atoms with Crippen molar-refractivity contribution >= 4 is 19.9 Å². The van der Waals surface area contributed by atoms with Crippen molar-refractivity contribution in [2.24, 2.45) is 0 Å². The number of benzene rings is 1. The Hall–Kier alpha value is -1.34. The number of unbranched alkanes of at least 4 members (excludes halogenated alkanes) is 1. The Kier molecular flexibility index (Phi) is 5.75. The average Bonchev–Trinajstić information content (AvgIpc) is 2.54. The fraction of sp³-hybridized carbons (Fsp3) is 0.529. The SMILES string of the molecule is CCCCS(=O)(=O)c1cc2c(cc1CC)C(C)CC=CNS2(=O)=O. The summed E-state index contributed by atoms with van der Waals surface area (Å²) in [5.74, 6) is 0.0453. The van der Waals surface area contributed by atoms with Gasteiger partial charge in [0.05, 0.1) is 15.5 Å². The predicted molar refractivity (Wildman–Crippen MR) is 95.3 cm³/mol. The van der Waals surface area contributed by atoms with Crippen LogP contribution in [0.25, 0.3) is 0 Å². The van der Waals surface area contributed by atoms with Gasteiger partial charge in [-0.05, 0) is 42.4 Å². The number of sulfonamides is 1. The van der Waals surface area contributed by atoms with Crippen LogP contribution in [-0.4, -0.2) is 22.6 Å². The molecule has 0 fully saturated rings. The molecule has 0 saturated carbocycles. The second kappa shape index (κ2) is 7.27. The molecule has 1 aliphatic heterocycles. The van der Waals surface area contributed by atoms with E-state index in [4.69, 9.17) is 0 Å². The number of rotatable bonds is 5. The molecule has 0 spiro atoms. The molecule has 1 unspecified atom stereocenters. The number of sulfone groups is 1. The molecule has 134 valence electrons. The van der Waals surface area contributed by atoms with Gasteiger partial charge in [-0.1, -0.05) is 39.3 Å². The summed E-state index contributed by atoms with van der Waals surface area (Å²) < 4.78 is 52.8. The van der Waals surface area contributed by atoms with Gasteiger partial charge < -0.3 is 0 Å². The number of hydrogen-bond acceptors (Lipinski definition) is 4. The highest BCUT2D eigenvalue weighted by Gasteiger charge is 2.27. The van der Waals surface area contributed by atoms with Gasteiger partial charge in [0.25, 0.3) is 10.0 Å². The van der Waals surface area contributed by atoms with E-state index in [2.05, 4.69) is 4.72 Å². The Morgan fingerprint density at radius 2 is 1.96 bits per heavy atom. The van der Waals surface area contributed by atoms with Crippen molar-refractivity contribution in [1.82, 2.24) is 4.72 Å². The lowest BCUT2D eigenvalue weighted by molar-refractivity contribution is 0.583. The van der Waals surface area contributed by atoms with Crippen LogP contribution in [0.2, 0.25) is 0 Å². The lowest BCUT2D eigenvalue weighted by Gasteiger charge is -2.21. The minimum atomic E-state index is -3.76. The van der Waals surface area contributed by atoms with Crippen molar-refractivity contribution < 1.29 is 16.8 Å². The lowest BCUT2D eigenvalue weighted by atomic mass is 9.95. The molecule has 1 atom stereocenters. The molecule has 1 aromatic carbocycles. The number of allylic oxidation sites excluding steroid dienone is 1. The van der Waals surface area contributed by atoms with Crippen LogP contribution in [0.5, 0.6) is 0 Å². The highest BCUT2D eigenvalue weighted by molar-refractivity contribution is 7.91. The van der Waals surface area contributed by atoms with Crippen molar-refractivity contribution in [2.45, 2.75) is 62.2 Å². The van der Waals surface area contributed by atoms with Gasteiger partial charge in [-0.2, -0.15) is 0 Å². The van der Waals surface area contributed by atoms with Gasteiger partial charge in [-0.25, -0.2) is 16.8 Å². The third-order valence-electron chi connectivity index (χ3n) is 4.33. The van der Waals surface area contributed by atoms with Crippen LogP contribution in [0.4, 0.5) is 0 Å². The van der Waals surface area contributed by atoms with Crippen LogP contribution < -0.4 is 4.72 Å². The highest BCUT2D eigenvalue weighted by Crippen LogP contribution is 2.33. The Labute approximate surface area is 145 Å². The first kappa shape index (κ1) is 19.0. The van der Waals surface area contributed by atoms with Crippen LogP contribution >= 0.6 is 0 Å². The summed E-state index contributed by atoms with van der Waals surface area (Å²) in [5.41, 5.74) is 1.37. The van der Waals surface area contributed by atoms with Gasteiger partial charge in [-0.15, -0.1) is 0 Å². The van der Waals surface area contributed by atoms with E-state index in [0.717, 1.165) is 6.42 Å². The van der Waals surface area contributed by atoms with E-state index < -0.39 is 19.9 Å². The first-order valence-corrected chi connectivity index (χ1v) is 11.4. The van der Waals surface area contributed by atoms with Gasteiger partial charge in [0.1, 0.15) is 0 Å². The molecule has 0 saturated heterocycles. The smallest absolute Gasteiger partial charge is 0.261 e. The van der Waals surface area contributed by atoms with Gasteiger partial charge in [-0.3, -0.25) is 4.72 Å². The summed E-state index contributed by atoms with van der Waals surface area (Å²) in [6.45, 7) is 5.77. The number of aryl methyl sites for hydroxylation is 1. The standard InChI is InChI=1S/C17H25NO4S2/c1-4-6-10-23(19,20)16-12-17-15(11-14(16)5-2)13(3)8-7-9-18-24(17,21)22/h7,9,11-13,18H,4-6,8,10H2,1-3H3. The molecule has 2 rings (SSSR count). The first-order chi connectivity index (χ1) is 11.2. The Balaban J connectivity index is 2.71. The Morgan fingerprint density at radius 3 is 2.58 bits per heavy atom. The largest absolute Gasteiger partial charge is 0.287 e. The number of nitrogens with one attached hydrogen (secondary N) is 1. The highest BCUT2D eigenvalue weighted by atomic mass is 32.2. The van der Waals surface area contributed by atoms with Crippen LogP contribution in [0.1, 0.15) is 57.1 Å². The molecule has 0 aliphatic carbocycles. The number of hydrogen-bond donors (Lipinski definition) is 1. The molecule has 0 aromatic heterocycles. The normalized spacial score (nSPS) is 19.9. The molecule has 1 heterocycles. The quantitative estimate of drug-likeness (QED) is 0.862. The minimum Gasteiger partial charge on any atom is -0.287 e. The van der Waals surface area contributed by atoms with Crippen LogP contribution in [0.15, 0.2) is 34.2 Å². The topological polar surface area (TPSA) is 80.3 Å². The molecule has 0 radical (unpaired) electrons. The Morgan fingerprint density at radius 1 is 1.25 bits per heavy atom.